The number of ether oxygens (including phenoxy) is 2. The highest BCUT2D eigenvalue weighted by Crippen LogP contribution is 2.31. The first-order chi connectivity index (χ1) is 8.74. The second-order valence-electron chi connectivity index (χ2n) is 5.09. The molecule has 0 heterocycles. The zero-order chi connectivity index (χ0) is 13.0. The Bertz CT molecular complexity index is 386. The first kappa shape index (κ1) is 13.2. The number of hydrogen-bond donors (Lipinski definition) is 1. The van der Waals surface area contributed by atoms with Crippen molar-refractivity contribution in [3.63, 3.8) is 0 Å². The summed E-state index contributed by atoms with van der Waals surface area (Å²) in [6.07, 6.45) is 6.06. The van der Waals surface area contributed by atoms with E-state index in [4.69, 9.17) is 15.2 Å². The Labute approximate surface area is 109 Å². The highest BCUT2D eigenvalue weighted by molar-refractivity contribution is 5.40. The molecule has 1 saturated carbocycles. The lowest BCUT2D eigenvalue weighted by atomic mass is 9.92. The minimum absolute atomic E-state index is 0.230. The van der Waals surface area contributed by atoms with Crippen LogP contribution in [0.5, 0.6) is 11.5 Å². The second kappa shape index (κ2) is 6.10. The van der Waals surface area contributed by atoms with Gasteiger partial charge in [0, 0.05) is 6.04 Å². The van der Waals surface area contributed by atoms with Crippen molar-refractivity contribution in [2.75, 3.05) is 14.2 Å². The topological polar surface area (TPSA) is 44.5 Å². The van der Waals surface area contributed by atoms with E-state index in [0.717, 1.165) is 23.5 Å². The molecule has 0 aromatic heterocycles. The molecule has 3 nitrogen and oxygen atoms in total. The summed E-state index contributed by atoms with van der Waals surface area (Å²) in [7, 11) is 3.38. The van der Waals surface area contributed by atoms with Gasteiger partial charge in [0.2, 0.25) is 0 Å². The summed E-state index contributed by atoms with van der Waals surface area (Å²) < 4.78 is 10.7. The Hall–Kier alpha value is -1.22. The highest BCUT2D eigenvalue weighted by Gasteiger charge is 2.23. The van der Waals surface area contributed by atoms with Gasteiger partial charge in [0.1, 0.15) is 11.5 Å². The predicted octanol–water partition coefficient (Wildman–Crippen LogP) is 2.76. The molecule has 0 saturated heterocycles. The normalized spacial score (nSPS) is 17.7. The van der Waals surface area contributed by atoms with Crippen LogP contribution in [-0.4, -0.2) is 20.3 Å². The van der Waals surface area contributed by atoms with Gasteiger partial charge in [-0.3, -0.25) is 0 Å². The molecule has 0 bridgehead atoms. The van der Waals surface area contributed by atoms with Gasteiger partial charge >= 0.3 is 0 Å². The smallest absolute Gasteiger partial charge is 0.122 e. The van der Waals surface area contributed by atoms with Gasteiger partial charge in [0.05, 0.1) is 14.2 Å². The molecule has 3 heteroatoms. The van der Waals surface area contributed by atoms with E-state index < -0.39 is 0 Å². The molecule has 0 amide bonds. The summed E-state index contributed by atoms with van der Waals surface area (Å²) in [4.78, 5) is 0. The van der Waals surface area contributed by atoms with E-state index in [0.29, 0.717) is 5.92 Å². The van der Waals surface area contributed by atoms with Crippen LogP contribution >= 0.6 is 0 Å². The molecule has 2 N–H and O–H groups in total. The van der Waals surface area contributed by atoms with E-state index in [2.05, 4.69) is 0 Å². The minimum Gasteiger partial charge on any atom is -0.497 e. The molecule has 0 spiro atoms. The maximum absolute atomic E-state index is 6.33. The molecule has 1 aliphatic rings. The molecule has 1 aliphatic carbocycles. The molecule has 1 fully saturated rings. The van der Waals surface area contributed by atoms with Crippen molar-refractivity contribution in [2.45, 2.75) is 38.1 Å². The van der Waals surface area contributed by atoms with E-state index in [1.54, 1.807) is 14.2 Å². The van der Waals surface area contributed by atoms with Gasteiger partial charge in [-0.05, 0) is 48.9 Å². The average Bonchev–Trinajstić information content (AvgIpc) is 2.92. The predicted molar refractivity (Wildman–Crippen MR) is 73.2 cm³/mol. The molecule has 1 atom stereocenters. The summed E-state index contributed by atoms with van der Waals surface area (Å²) in [5, 5.41) is 0. The molecule has 0 radical (unpaired) electrons. The molecule has 1 aromatic rings. The molecule has 18 heavy (non-hydrogen) atoms. The highest BCUT2D eigenvalue weighted by atomic mass is 16.5. The fourth-order valence-electron chi connectivity index (χ4n) is 2.85. The van der Waals surface area contributed by atoms with Crippen LogP contribution in [0.2, 0.25) is 0 Å². The van der Waals surface area contributed by atoms with Crippen LogP contribution in [0.4, 0.5) is 0 Å². The zero-order valence-corrected chi connectivity index (χ0v) is 11.3. The Balaban J connectivity index is 2.10. The third-order valence-electron chi connectivity index (χ3n) is 3.95. The number of hydrogen-bond acceptors (Lipinski definition) is 3. The van der Waals surface area contributed by atoms with Crippen LogP contribution in [0.1, 0.15) is 31.2 Å². The van der Waals surface area contributed by atoms with Crippen molar-refractivity contribution in [2.24, 2.45) is 11.7 Å². The van der Waals surface area contributed by atoms with Crippen molar-refractivity contribution in [3.8, 4) is 11.5 Å². The summed E-state index contributed by atoms with van der Waals surface area (Å²) in [6, 6.07) is 6.14. The number of rotatable bonds is 5. The number of methoxy groups -OCH3 is 2. The molecular formula is C15H23NO2. The molecule has 1 aromatic carbocycles. The second-order valence-corrected chi connectivity index (χ2v) is 5.09. The van der Waals surface area contributed by atoms with Crippen molar-refractivity contribution in [1.82, 2.24) is 0 Å². The third-order valence-corrected chi connectivity index (χ3v) is 3.95. The lowest BCUT2D eigenvalue weighted by Crippen LogP contribution is -2.30. The first-order valence-electron chi connectivity index (χ1n) is 6.71. The fourth-order valence-corrected chi connectivity index (χ4v) is 2.85. The third kappa shape index (κ3) is 2.96. The SMILES string of the molecule is COc1ccc(OC)c(CC(N)C2CCCC2)c1. The lowest BCUT2D eigenvalue weighted by Gasteiger charge is -2.20. The molecule has 100 valence electrons. The monoisotopic (exact) mass is 249 g/mol. The molecule has 0 aliphatic heterocycles. The van der Waals surface area contributed by atoms with Crippen molar-refractivity contribution in [1.29, 1.82) is 0 Å². The van der Waals surface area contributed by atoms with Gasteiger partial charge < -0.3 is 15.2 Å². The maximum Gasteiger partial charge on any atom is 0.122 e. The van der Waals surface area contributed by atoms with Crippen molar-refractivity contribution in [3.05, 3.63) is 23.8 Å². The van der Waals surface area contributed by atoms with E-state index in [1.807, 2.05) is 18.2 Å². The van der Waals surface area contributed by atoms with Gasteiger partial charge in [0.15, 0.2) is 0 Å². The molecular weight excluding hydrogens is 226 g/mol. The van der Waals surface area contributed by atoms with Crippen molar-refractivity contribution < 1.29 is 9.47 Å². The van der Waals surface area contributed by atoms with Crippen LogP contribution in [0.15, 0.2) is 18.2 Å². The van der Waals surface area contributed by atoms with E-state index in [-0.39, 0.29) is 6.04 Å². The summed E-state index contributed by atoms with van der Waals surface area (Å²) >= 11 is 0. The number of nitrogens with two attached hydrogens (primary N) is 1. The summed E-state index contributed by atoms with van der Waals surface area (Å²) in [5.41, 5.74) is 7.48. The van der Waals surface area contributed by atoms with E-state index in [1.165, 1.54) is 25.7 Å². The van der Waals surface area contributed by atoms with Crippen LogP contribution in [0.3, 0.4) is 0 Å². The lowest BCUT2D eigenvalue weighted by molar-refractivity contribution is 0.387. The van der Waals surface area contributed by atoms with Crippen LogP contribution in [0, 0.1) is 5.92 Å². The van der Waals surface area contributed by atoms with Crippen LogP contribution < -0.4 is 15.2 Å². The Morgan fingerprint density at radius 1 is 1.22 bits per heavy atom. The van der Waals surface area contributed by atoms with Crippen molar-refractivity contribution >= 4 is 0 Å². The maximum atomic E-state index is 6.33. The van der Waals surface area contributed by atoms with Gasteiger partial charge in [-0.2, -0.15) is 0 Å². The van der Waals surface area contributed by atoms with Crippen LogP contribution in [-0.2, 0) is 6.42 Å². The van der Waals surface area contributed by atoms with Gasteiger partial charge in [-0.25, -0.2) is 0 Å². The summed E-state index contributed by atoms with van der Waals surface area (Å²) in [6.45, 7) is 0. The first-order valence-corrected chi connectivity index (χ1v) is 6.71. The minimum atomic E-state index is 0.230. The van der Waals surface area contributed by atoms with E-state index in [9.17, 15) is 0 Å². The van der Waals surface area contributed by atoms with Gasteiger partial charge in [0.25, 0.3) is 0 Å². The zero-order valence-electron chi connectivity index (χ0n) is 11.3. The average molecular weight is 249 g/mol. The fraction of sp³-hybridized carbons (Fsp3) is 0.600. The molecule has 1 unspecified atom stereocenters. The Kier molecular flexibility index (Phi) is 4.48. The quantitative estimate of drug-likeness (QED) is 0.872. The molecule has 2 rings (SSSR count). The van der Waals surface area contributed by atoms with E-state index >= 15 is 0 Å². The number of benzene rings is 1. The van der Waals surface area contributed by atoms with Crippen LogP contribution in [0.25, 0.3) is 0 Å². The Morgan fingerprint density at radius 3 is 2.56 bits per heavy atom. The summed E-state index contributed by atoms with van der Waals surface area (Å²) in [5.74, 6) is 2.44. The standard InChI is InChI=1S/C15H23NO2/c1-17-13-7-8-15(18-2)12(9-13)10-14(16)11-5-3-4-6-11/h7-9,11,14H,3-6,10,16H2,1-2H3. The van der Waals surface area contributed by atoms with Gasteiger partial charge in [-0.1, -0.05) is 12.8 Å². The largest absolute Gasteiger partial charge is 0.497 e. The Morgan fingerprint density at radius 2 is 1.94 bits per heavy atom. The van der Waals surface area contributed by atoms with Gasteiger partial charge in [-0.15, -0.1) is 0 Å².